The predicted molar refractivity (Wildman–Crippen MR) is 80.0 cm³/mol. The first-order valence-electron chi connectivity index (χ1n) is 6.31. The highest BCUT2D eigenvalue weighted by Crippen LogP contribution is 2.29. The molecule has 1 heterocycles. The molecule has 1 aromatic carbocycles. The Hall–Kier alpha value is -0.640. The zero-order valence-electron chi connectivity index (χ0n) is 11.6. The minimum Gasteiger partial charge on any atom is -0.207 e. The summed E-state index contributed by atoms with van der Waals surface area (Å²) >= 11 is 1.73. The van der Waals surface area contributed by atoms with E-state index >= 15 is 0 Å². The van der Waals surface area contributed by atoms with Crippen LogP contribution in [-0.4, -0.2) is 44.7 Å². The largest absolute Gasteiger partial charge is 0.332 e. The standard InChI is InChI=1S/C12H16FNO4S3/c1-9-7-14(8-10(2)19-9)21(17,18)12-5-3-11(4-6-12)20(13,15)16/h3-6,9-10H,7-8H2,1-2H3. The van der Waals surface area contributed by atoms with E-state index in [2.05, 4.69) is 0 Å². The van der Waals surface area contributed by atoms with Crippen molar-refractivity contribution >= 4 is 32.0 Å². The van der Waals surface area contributed by atoms with Gasteiger partial charge in [-0.3, -0.25) is 0 Å². The number of thioether (sulfide) groups is 1. The maximum absolute atomic E-state index is 12.8. The van der Waals surface area contributed by atoms with Crippen LogP contribution in [0.5, 0.6) is 0 Å². The summed E-state index contributed by atoms with van der Waals surface area (Å²) in [5.41, 5.74) is 0. The fraction of sp³-hybridized carbons (Fsp3) is 0.500. The first-order valence-corrected chi connectivity index (χ1v) is 10.1. The molecule has 0 N–H and O–H groups in total. The molecule has 1 saturated heterocycles. The molecule has 2 rings (SSSR count). The molecule has 0 aromatic heterocycles. The van der Waals surface area contributed by atoms with Crippen molar-refractivity contribution < 1.29 is 20.7 Å². The molecule has 1 aliphatic heterocycles. The van der Waals surface area contributed by atoms with E-state index < -0.39 is 25.1 Å². The van der Waals surface area contributed by atoms with Gasteiger partial charge in [0, 0.05) is 23.6 Å². The van der Waals surface area contributed by atoms with Crippen LogP contribution < -0.4 is 0 Å². The van der Waals surface area contributed by atoms with Crippen LogP contribution in [0.15, 0.2) is 34.1 Å². The summed E-state index contributed by atoms with van der Waals surface area (Å²) < 4.78 is 60.7. The van der Waals surface area contributed by atoms with Gasteiger partial charge in [0.25, 0.3) is 0 Å². The van der Waals surface area contributed by atoms with Crippen LogP contribution in [0.1, 0.15) is 13.8 Å². The molecular formula is C12H16FNO4S3. The van der Waals surface area contributed by atoms with Crippen LogP contribution in [-0.2, 0) is 20.2 Å². The summed E-state index contributed by atoms with van der Waals surface area (Å²) in [7, 11) is -8.51. The Labute approximate surface area is 128 Å². The Balaban J connectivity index is 2.31. The molecule has 0 aliphatic carbocycles. The van der Waals surface area contributed by atoms with Gasteiger partial charge in [0.2, 0.25) is 10.0 Å². The summed E-state index contributed by atoms with van der Waals surface area (Å²) in [6, 6.07) is 4.18. The summed E-state index contributed by atoms with van der Waals surface area (Å²) in [6.45, 7) is 4.73. The smallest absolute Gasteiger partial charge is 0.207 e. The van der Waals surface area contributed by atoms with Crippen molar-refractivity contribution in [1.29, 1.82) is 0 Å². The van der Waals surface area contributed by atoms with E-state index in [0.29, 0.717) is 13.1 Å². The number of benzene rings is 1. The first kappa shape index (κ1) is 16.7. The van der Waals surface area contributed by atoms with Crippen LogP contribution in [0.25, 0.3) is 0 Å². The average molecular weight is 353 g/mol. The molecule has 0 amide bonds. The highest BCUT2D eigenvalue weighted by Gasteiger charge is 2.32. The van der Waals surface area contributed by atoms with E-state index in [1.807, 2.05) is 13.8 Å². The maximum atomic E-state index is 12.8. The molecule has 1 aliphatic rings. The fourth-order valence-electron chi connectivity index (χ4n) is 2.25. The van der Waals surface area contributed by atoms with Gasteiger partial charge in [0.15, 0.2) is 0 Å². The number of hydrogen-bond acceptors (Lipinski definition) is 5. The predicted octanol–water partition coefficient (Wildman–Crippen LogP) is 1.86. The van der Waals surface area contributed by atoms with Gasteiger partial charge in [-0.2, -0.15) is 24.5 Å². The monoisotopic (exact) mass is 353 g/mol. The molecule has 9 heteroatoms. The van der Waals surface area contributed by atoms with Gasteiger partial charge in [0.1, 0.15) is 0 Å². The second kappa shape index (κ2) is 5.86. The lowest BCUT2D eigenvalue weighted by Gasteiger charge is -2.33. The molecule has 5 nitrogen and oxygen atoms in total. The van der Waals surface area contributed by atoms with Gasteiger partial charge in [0.05, 0.1) is 9.79 Å². The van der Waals surface area contributed by atoms with Crippen molar-refractivity contribution in [3.05, 3.63) is 24.3 Å². The van der Waals surface area contributed by atoms with Gasteiger partial charge < -0.3 is 0 Å². The molecule has 1 fully saturated rings. The quantitative estimate of drug-likeness (QED) is 0.776. The summed E-state index contributed by atoms with van der Waals surface area (Å²) in [4.78, 5) is -0.571. The Bertz CT molecular complexity index is 705. The molecule has 118 valence electrons. The summed E-state index contributed by atoms with van der Waals surface area (Å²) in [5.74, 6) is 0. The Morgan fingerprint density at radius 2 is 1.43 bits per heavy atom. The lowest BCUT2D eigenvalue weighted by Crippen LogP contribution is -2.43. The normalized spacial score (nSPS) is 24.9. The van der Waals surface area contributed by atoms with Crippen molar-refractivity contribution in [3.8, 4) is 0 Å². The highest BCUT2D eigenvalue weighted by atomic mass is 32.3. The van der Waals surface area contributed by atoms with Crippen molar-refractivity contribution in [2.45, 2.75) is 34.1 Å². The zero-order valence-corrected chi connectivity index (χ0v) is 14.0. The third-order valence-electron chi connectivity index (χ3n) is 3.13. The molecule has 1 aromatic rings. The van der Waals surface area contributed by atoms with Gasteiger partial charge in [-0.05, 0) is 24.3 Å². The van der Waals surface area contributed by atoms with E-state index in [9.17, 15) is 20.7 Å². The second-order valence-electron chi connectivity index (χ2n) is 4.99. The third-order valence-corrected chi connectivity index (χ3v) is 7.04. The van der Waals surface area contributed by atoms with Crippen LogP contribution in [0.4, 0.5) is 3.89 Å². The maximum Gasteiger partial charge on any atom is 0.332 e. The lowest BCUT2D eigenvalue weighted by molar-refractivity contribution is 0.405. The van der Waals surface area contributed by atoms with Gasteiger partial charge in [-0.1, -0.05) is 13.8 Å². The van der Waals surface area contributed by atoms with E-state index in [1.54, 1.807) is 11.8 Å². The van der Waals surface area contributed by atoms with Crippen molar-refractivity contribution in [2.75, 3.05) is 13.1 Å². The number of rotatable bonds is 3. The minimum atomic E-state index is -4.82. The number of halogens is 1. The Morgan fingerprint density at radius 1 is 1.00 bits per heavy atom. The first-order chi connectivity index (χ1) is 9.60. The van der Waals surface area contributed by atoms with Gasteiger partial charge >= 0.3 is 10.2 Å². The molecule has 2 atom stereocenters. The van der Waals surface area contributed by atoms with Crippen LogP contribution in [0, 0.1) is 0 Å². The fourth-order valence-corrected chi connectivity index (χ4v) is 5.84. The molecule has 0 bridgehead atoms. The molecule has 0 spiro atoms. The average Bonchev–Trinajstić information content (AvgIpc) is 2.36. The summed E-state index contributed by atoms with van der Waals surface area (Å²) in [5, 5.41) is 0.378. The molecule has 0 saturated carbocycles. The van der Waals surface area contributed by atoms with Crippen molar-refractivity contribution in [3.63, 3.8) is 0 Å². The highest BCUT2D eigenvalue weighted by molar-refractivity contribution is 8.00. The van der Waals surface area contributed by atoms with Crippen molar-refractivity contribution in [1.82, 2.24) is 4.31 Å². The van der Waals surface area contributed by atoms with Gasteiger partial charge in [-0.15, -0.1) is 3.89 Å². The molecule has 0 radical (unpaired) electrons. The molecule has 21 heavy (non-hydrogen) atoms. The SMILES string of the molecule is CC1CN(S(=O)(=O)c2ccc(S(=O)(=O)F)cc2)CC(C)S1. The van der Waals surface area contributed by atoms with E-state index in [0.717, 1.165) is 24.3 Å². The van der Waals surface area contributed by atoms with Gasteiger partial charge in [-0.25, -0.2) is 8.42 Å². The number of nitrogens with zero attached hydrogens (tertiary/aromatic N) is 1. The zero-order chi connectivity index (χ0) is 15.8. The van der Waals surface area contributed by atoms with E-state index in [4.69, 9.17) is 0 Å². The van der Waals surface area contributed by atoms with Crippen LogP contribution in [0.2, 0.25) is 0 Å². The van der Waals surface area contributed by atoms with Crippen molar-refractivity contribution in [2.24, 2.45) is 0 Å². The van der Waals surface area contributed by atoms with E-state index in [-0.39, 0.29) is 15.4 Å². The van der Waals surface area contributed by atoms with E-state index in [1.165, 1.54) is 4.31 Å². The lowest BCUT2D eigenvalue weighted by atomic mass is 10.4. The summed E-state index contributed by atoms with van der Waals surface area (Å²) in [6.07, 6.45) is 0. The number of sulfonamides is 1. The Morgan fingerprint density at radius 3 is 1.86 bits per heavy atom. The van der Waals surface area contributed by atoms with Crippen LogP contribution in [0.3, 0.4) is 0 Å². The molecular weight excluding hydrogens is 337 g/mol. The van der Waals surface area contributed by atoms with Crippen LogP contribution >= 0.6 is 11.8 Å². The number of hydrogen-bond donors (Lipinski definition) is 0. The molecule has 2 unspecified atom stereocenters. The second-order valence-corrected chi connectivity index (χ2v) is 10.2. The topological polar surface area (TPSA) is 71.5 Å². The Kier molecular flexibility index (Phi) is 4.67. The third kappa shape index (κ3) is 3.77. The minimum absolute atomic E-state index is 0.0267.